The Morgan fingerprint density at radius 2 is 2.29 bits per heavy atom. The van der Waals surface area contributed by atoms with Crippen molar-refractivity contribution in [3.05, 3.63) is 36.4 Å². The molecule has 0 spiro atoms. The van der Waals surface area contributed by atoms with Gasteiger partial charge in [0.2, 0.25) is 10.0 Å². The van der Waals surface area contributed by atoms with E-state index in [4.69, 9.17) is 0 Å². The molecule has 0 aliphatic rings. The van der Waals surface area contributed by atoms with E-state index in [0.29, 0.717) is 12.1 Å². The molecular formula is C11H12N2O2S2. The van der Waals surface area contributed by atoms with Gasteiger partial charge in [-0.3, -0.25) is 4.72 Å². The number of benzene rings is 1. The highest BCUT2D eigenvalue weighted by Crippen LogP contribution is 2.22. The monoisotopic (exact) mass is 268 g/mol. The van der Waals surface area contributed by atoms with Crippen molar-refractivity contribution in [2.24, 2.45) is 0 Å². The molecule has 1 heterocycles. The van der Waals surface area contributed by atoms with Gasteiger partial charge >= 0.3 is 0 Å². The number of hydrogen-bond donors (Lipinski definition) is 1. The number of aromatic nitrogens is 1. The molecule has 1 aromatic carbocycles. The van der Waals surface area contributed by atoms with E-state index in [1.807, 2.05) is 6.07 Å². The van der Waals surface area contributed by atoms with Crippen LogP contribution in [0.5, 0.6) is 0 Å². The van der Waals surface area contributed by atoms with Gasteiger partial charge in [-0.1, -0.05) is 6.08 Å². The molecule has 1 aromatic heterocycles. The van der Waals surface area contributed by atoms with Gasteiger partial charge in [0.05, 0.1) is 27.2 Å². The van der Waals surface area contributed by atoms with E-state index in [1.54, 1.807) is 23.7 Å². The molecule has 0 bridgehead atoms. The van der Waals surface area contributed by atoms with E-state index in [2.05, 4.69) is 16.3 Å². The predicted octanol–water partition coefficient (Wildman–Crippen LogP) is 2.61. The van der Waals surface area contributed by atoms with Gasteiger partial charge in [0.1, 0.15) is 0 Å². The summed E-state index contributed by atoms with van der Waals surface area (Å²) in [4.78, 5) is 4.14. The van der Waals surface area contributed by atoms with E-state index in [-0.39, 0.29) is 5.75 Å². The van der Waals surface area contributed by atoms with Crippen LogP contribution >= 0.6 is 11.3 Å². The van der Waals surface area contributed by atoms with Crippen molar-refractivity contribution in [2.45, 2.75) is 6.42 Å². The molecule has 6 heteroatoms. The topological polar surface area (TPSA) is 59.1 Å². The van der Waals surface area contributed by atoms with Gasteiger partial charge in [-0.05, 0) is 24.6 Å². The maximum Gasteiger partial charge on any atom is 0.233 e. The number of nitrogens with zero attached hydrogens (tertiary/aromatic N) is 1. The zero-order chi connectivity index (χ0) is 12.3. The Morgan fingerprint density at radius 3 is 3.06 bits per heavy atom. The first-order valence-electron chi connectivity index (χ1n) is 5.05. The van der Waals surface area contributed by atoms with E-state index >= 15 is 0 Å². The highest BCUT2D eigenvalue weighted by Gasteiger charge is 2.09. The molecule has 0 saturated heterocycles. The number of rotatable bonds is 5. The van der Waals surface area contributed by atoms with E-state index in [9.17, 15) is 8.42 Å². The summed E-state index contributed by atoms with van der Waals surface area (Å²) in [6, 6.07) is 5.33. The summed E-state index contributed by atoms with van der Waals surface area (Å²) in [5.41, 5.74) is 3.09. The standard InChI is InChI=1S/C11H12N2O2S2/c1-2-3-6-17(14,15)13-9-4-5-11-10(7-9)12-8-16-11/h2,4-5,7-8,13H,1,3,6H2. The average Bonchev–Trinajstić information content (AvgIpc) is 2.73. The van der Waals surface area contributed by atoms with Gasteiger partial charge in [0.25, 0.3) is 0 Å². The third-order valence-electron chi connectivity index (χ3n) is 2.19. The number of fused-ring (bicyclic) bond motifs is 1. The van der Waals surface area contributed by atoms with Crippen molar-refractivity contribution in [1.29, 1.82) is 0 Å². The fourth-order valence-corrected chi connectivity index (χ4v) is 3.11. The number of anilines is 1. The summed E-state index contributed by atoms with van der Waals surface area (Å²) in [5, 5.41) is 0. The average molecular weight is 268 g/mol. The van der Waals surface area contributed by atoms with Crippen LogP contribution in [-0.4, -0.2) is 19.2 Å². The molecule has 0 aliphatic heterocycles. The maximum atomic E-state index is 11.7. The lowest BCUT2D eigenvalue weighted by Gasteiger charge is -2.06. The molecule has 17 heavy (non-hydrogen) atoms. The molecular weight excluding hydrogens is 256 g/mol. The van der Waals surface area contributed by atoms with Gasteiger partial charge in [0, 0.05) is 0 Å². The minimum Gasteiger partial charge on any atom is -0.283 e. The quantitative estimate of drug-likeness (QED) is 0.848. The van der Waals surface area contributed by atoms with Crippen LogP contribution in [0.3, 0.4) is 0 Å². The molecule has 0 atom stereocenters. The molecule has 4 nitrogen and oxygen atoms in total. The maximum absolute atomic E-state index is 11.7. The molecule has 0 radical (unpaired) electrons. The number of allylic oxidation sites excluding steroid dienone is 1. The predicted molar refractivity (Wildman–Crippen MR) is 71.8 cm³/mol. The van der Waals surface area contributed by atoms with Crippen molar-refractivity contribution >= 4 is 37.3 Å². The second-order valence-corrected chi connectivity index (χ2v) is 6.26. The van der Waals surface area contributed by atoms with Crippen molar-refractivity contribution in [3.63, 3.8) is 0 Å². The molecule has 0 saturated carbocycles. The van der Waals surface area contributed by atoms with Crippen LogP contribution in [0.2, 0.25) is 0 Å². The number of hydrogen-bond acceptors (Lipinski definition) is 4. The van der Waals surface area contributed by atoms with Crippen molar-refractivity contribution in [1.82, 2.24) is 4.98 Å². The van der Waals surface area contributed by atoms with Crippen LogP contribution in [-0.2, 0) is 10.0 Å². The summed E-state index contributed by atoms with van der Waals surface area (Å²) in [6.45, 7) is 3.50. The van der Waals surface area contributed by atoms with Gasteiger partial charge in [-0.2, -0.15) is 0 Å². The fourth-order valence-electron chi connectivity index (χ4n) is 1.39. The summed E-state index contributed by atoms with van der Waals surface area (Å²) < 4.78 is 26.9. The summed E-state index contributed by atoms with van der Waals surface area (Å²) >= 11 is 1.53. The Hall–Kier alpha value is -1.40. The Labute approximate surface area is 104 Å². The zero-order valence-electron chi connectivity index (χ0n) is 9.09. The molecule has 1 N–H and O–H groups in total. The highest BCUT2D eigenvalue weighted by molar-refractivity contribution is 7.92. The zero-order valence-corrected chi connectivity index (χ0v) is 10.7. The molecule has 90 valence electrons. The SMILES string of the molecule is C=CCCS(=O)(=O)Nc1ccc2scnc2c1. The van der Waals surface area contributed by atoms with Crippen molar-refractivity contribution < 1.29 is 8.42 Å². The lowest BCUT2D eigenvalue weighted by Crippen LogP contribution is -2.16. The van der Waals surface area contributed by atoms with Crippen LogP contribution < -0.4 is 4.72 Å². The fraction of sp³-hybridized carbons (Fsp3) is 0.182. The highest BCUT2D eigenvalue weighted by atomic mass is 32.2. The largest absolute Gasteiger partial charge is 0.283 e. The van der Waals surface area contributed by atoms with Gasteiger partial charge in [-0.15, -0.1) is 17.9 Å². The molecule has 2 aromatic rings. The first-order chi connectivity index (χ1) is 8.11. The summed E-state index contributed by atoms with van der Waals surface area (Å²) in [6.07, 6.45) is 2.02. The van der Waals surface area contributed by atoms with Gasteiger partial charge in [-0.25, -0.2) is 13.4 Å². The molecule has 0 unspecified atom stereocenters. The van der Waals surface area contributed by atoms with Crippen molar-refractivity contribution in [3.8, 4) is 0 Å². The van der Waals surface area contributed by atoms with Crippen molar-refractivity contribution in [2.75, 3.05) is 10.5 Å². The van der Waals surface area contributed by atoms with Crippen LogP contribution in [0.4, 0.5) is 5.69 Å². The smallest absolute Gasteiger partial charge is 0.233 e. The lowest BCUT2D eigenvalue weighted by molar-refractivity contribution is 0.601. The van der Waals surface area contributed by atoms with Crippen LogP contribution in [0.15, 0.2) is 36.4 Å². The second-order valence-electron chi connectivity index (χ2n) is 3.53. The number of thiazole rings is 1. The molecule has 0 aliphatic carbocycles. The van der Waals surface area contributed by atoms with E-state index < -0.39 is 10.0 Å². The summed E-state index contributed by atoms with van der Waals surface area (Å²) in [5.74, 6) is 0.0472. The third-order valence-corrected chi connectivity index (χ3v) is 4.32. The Bertz CT molecular complexity index is 632. The number of sulfonamides is 1. The van der Waals surface area contributed by atoms with Gasteiger partial charge < -0.3 is 0 Å². The first kappa shape index (κ1) is 12.1. The minimum atomic E-state index is -3.29. The van der Waals surface area contributed by atoms with Gasteiger partial charge in [0.15, 0.2) is 0 Å². The molecule has 0 fully saturated rings. The Balaban J connectivity index is 2.20. The normalized spacial score (nSPS) is 11.5. The third kappa shape index (κ3) is 3.04. The number of nitrogens with one attached hydrogen (secondary N) is 1. The molecule has 2 rings (SSSR count). The minimum absolute atomic E-state index is 0.0472. The van der Waals surface area contributed by atoms with E-state index in [1.165, 1.54) is 11.3 Å². The first-order valence-corrected chi connectivity index (χ1v) is 7.58. The molecule has 0 amide bonds. The van der Waals surface area contributed by atoms with E-state index in [0.717, 1.165) is 10.2 Å². The van der Waals surface area contributed by atoms with Crippen LogP contribution in [0, 0.1) is 0 Å². The Morgan fingerprint density at radius 1 is 1.47 bits per heavy atom. The lowest BCUT2D eigenvalue weighted by atomic mass is 10.3. The second kappa shape index (κ2) is 4.85. The van der Waals surface area contributed by atoms with Crippen LogP contribution in [0.25, 0.3) is 10.2 Å². The van der Waals surface area contributed by atoms with Crippen LogP contribution in [0.1, 0.15) is 6.42 Å². The summed E-state index contributed by atoms with van der Waals surface area (Å²) in [7, 11) is -3.29. The Kier molecular flexibility index (Phi) is 3.44.